The van der Waals surface area contributed by atoms with Crippen LogP contribution in [0.5, 0.6) is 0 Å². The smallest absolute Gasteiger partial charge is 0.0970 e. The fraction of sp³-hybridized carbons (Fsp3) is 0.552. The van der Waals surface area contributed by atoms with Gasteiger partial charge in [-0.2, -0.15) is 0 Å². The number of benzene rings is 1. The quantitative estimate of drug-likeness (QED) is 0.666. The van der Waals surface area contributed by atoms with Crippen LogP contribution in [-0.4, -0.2) is 76.7 Å². The molecule has 1 aromatic heterocycles. The highest BCUT2D eigenvalue weighted by Gasteiger charge is 2.33. The summed E-state index contributed by atoms with van der Waals surface area (Å²) in [5.41, 5.74) is 5.21. The normalized spacial score (nSPS) is 25.3. The first-order valence-electron chi connectivity index (χ1n) is 13.5. The molecule has 1 saturated carbocycles. The van der Waals surface area contributed by atoms with E-state index in [1.165, 1.54) is 49.2 Å². The first kappa shape index (κ1) is 22.9. The van der Waals surface area contributed by atoms with Crippen LogP contribution in [0.2, 0.25) is 0 Å². The predicted molar refractivity (Wildman–Crippen MR) is 140 cm³/mol. The van der Waals surface area contributed by atoms with Gasteiger partial charge in [0.05, 0.1) is 36.0 Å². The van der Waals surface area contributed by atoms with Crippen LogP contribution in [-0.2, 0) is 19.5 Å². The Labute approximate surface area is 209 Å². The minimum atomic E-state index is -0.380. The number of β-amino-alcohol motifs (C(OH)–C–C–N with tert-alkyl or cyclic N) is 1. The highest BCUT2D eigenvalue weighted by molar-refractivity contribution is 5.45. The largest absolute Gasteiger partial charge is 0.390 e. The molecule has 2 bridgehead atoms. The van der Waals surface area contributed by atoms with E-state index in [1.807, 2.05) is 0 Å². The van der Waals surface area contributed by atoms with E-state index in [-0.39, 0.29) is 6.10 Å². The number of hydrogen-bond acceptors (Lipinski definition) is 6. The molecular weight excluding hydrogens is 434 g/mol. The summed E-state index contributed by atoms with van der Waals surface area (Å²) in [6, 6.07) is 13.1. The molecule has 3 atom stereocenters. The van der Waals surface area contributed by atoms with Crippen molar-refractivity contribution in [1.82, 2.24) is 19.7 Å². The van der Waals surface area contributed by atoms with Crippen molar-refractivity contribution in [2.24, 2.45) is 11.8 Å². The van der Waals surface area contributed by atoms with Crippen molar-refractivity contribution in [2.75, 3.05) is 50.7 Å². The third-order valence-corrected chi connectivity index (χ3v) is 8.61. The molecule has 4 heterocycles. The summed E-state index contributed by atoms with van der Waals surface area (Å²) in [6.45, 7) is 12.7. The molecule has 6 rings (SSSR count). The topological polar surface area (TPSA) is 46.1 Å². The predicted octanol–water partition coefficient (Wildman–Crippen LogP) is 3.33. The second kappa shape index (κ2) is 9.82. The van der Waals surface area contributed by atoms with Crippen LogP contribution in [0.25, 0.3) is 0 Å². The van der Waals surface area contributed by atoms with Crippen LogP contribution in [0.1, 0.15) is 36.1 Å². The SMILES string of the molecule is C=C1N(Cc2ccc(N3CC4CCC(C4)C3)cn2)CCN1C[C@H](O)CN1CCc2ccccc2C1. The zero-order valence-corrected chi connectivity index (χ0v) is 20.9. The first-order valence-corrected chi connectivity index (χ1v) is 13.5. The van der Waals surface area contributed by atoms with E-state index >= 15 is 0 Å². The van der Waals surface area contributed by atoms with Gasteiger partial charge in [0, 0.05) is 52.4 Å². The second-order valence-electron chi connectivity index (χ2n) is 11.1. The molecular formula is C29H39N5O. The van der Waals surface area contributed by atoms with Gasteiger partial charge in [-0.15, -0.1) is 0 Å². The number of fused-ring (bicyclic) bond motifs is 3. The maximum Gasteiger partial charge on any atom is 0.0970 e. The molecule has 0 radical (unpaired) electrons. The molecule has 186 valence electrons. The molecule has 3 fully saturated rings. The van der Waals surface area contributed by atoms with Crippen molar-refractivity contribution >= 4 is 5.69 Å². The Hall–Kier alpha value is -2.57. The number of pyridine rings is 1. The summed E-state index contributed by atoms with van der Waals surface area (Å²) in [5.74, 6) is 2.77. The number of aromatic nitrogens is 1. The van der Waals surface area contributed by atoms with E-state index < -0.39 is 0 Å². The van der Waals surface area contributed by atoms with E-state index in [1.54, 1.807) is 0 Å². The molecule has 1 N–H and O–H groups in total. The summed E-state index contributed by atoms with van der Waals surface area (Å²) in [6.07, 6.45) is 6.99. The molecule has 3 aliphatic heterocycles. The molecule has 1 aliphatic carbocycles. The number of piperidine rings is 1. The Balaban J connectivity index is 0.987. The van der Waals surface area contributed by atoms with Gasteiger partial charge in [-0.1, -0.05) is 30.8 Å². The van der Waals surface area contributed by atoms with Crippen LogP contribution >= 0.6 is 0 Å². The summed E-state index contributed by atoms with van der Waals surface area (Å²) in [4.78, 5) is 14.3. The molecule has 0 amide bonds. The zero-order chi connectivity index (χ0) is 23.8. The number of nitrogens with zero attached hydrogens (tertiary/aromatic N) is 5. The van der Waals surface area contributed by atoms with Gasteiger partial charge in [-0.3, -0.25) is 9.88 Å². The van der Waals surface area contributed by atoms with Gasteiger partial charge in [-0.05, 0) is 60.8 Å². The fourth-order valence-electron chi connectivity index (χ4n) is 6.70. The lowest BCUT2D eigenvalue weighted by atomic mass is 9.98. The summed E-state index contributed by atoms with van der Waals surface area (Å²) in [5, 5.41) is 10.8. The summed E-state index contributed by atoms with van der Waals surface area (Å²) in [7, 11) is 0. The molecule has 0 spiro atoms. The van der Waals surface area contributed by atoms with Gasteiger partial charge in [0.1, 0.15) is 0 Å². The van der Waals surface area contributed by atoms with Gasteiger partial charge in [0.25, 0.3) is 0 Å². The lowest BCUT2D eigenvalue weighted by molar-refractivity contribution is 0.0811. The molecule has 6 heteroatoms. The van der Waals surface area contributed by atoms with Gasteiger partial charge >= 0.3 is 0 Å². The minimum Gasteiger partial charge on any atom is -0.390 e. The second-order valence-corrected chi connectivity index (χ2v) is 11.1. The van der Waals surface area contributed by atoms with E-state index in [0.29, 0.717) is 13.1 Å². The van der Waals surface area contributed by atoms with Crippen molar-refractivity contribution in [3.05, 3.63) is 71.8 Å². The Morgan fingerprint density at radius 1 is 0.943 bits per heavy atom. The molecule has 1 aromatic carbocycles. The van der Waals surface area contributed by atoms with Crippen molar-refractivity contribution < 1.29 is 5.11 Å². The zero-order valence-electron chi connectivity index (χ0n) is 20.9. The Morgan fingerprint density at radius 2 is 1.71 bits per heavy atom. The minimum absolute atomic E-state index is 0.380. The maximum atomic E-state index is 10.8. The van der Waals surface area contributed by atoms with Crippen LogP contribution in [0, 0.1) is 11.8 Å². The highest BCUT2D eigenvalue weighted by Crippen LogP contribution is 2.38. The van der Waals surface area contributed by atoms with Gasteiger partial charge in [0.2, 0.25) is 0 Å². The van der Waals surface area contributed by atoms with Crippen LogP contribution in [0.4, 0.5) is 5.69 Å². The average Bonchev–Trinajstić information content (AvgIpc) is 3.39. The number of rotatable bonds is 7. The van der Waals surface area contributed by atoms with Crippen molar-refractivity contribution in [3.63, 3.8) is 0 Å². The van der Waals surface area contributed by atoms with Crippen molar-refractivity contribution in [2.45, 2.75) is 44.9 Å². The summed E-state index contributed by atoms with van der Waals surface area (Å²) >= 11 is 0. The van der Waals surface area contributed by atoms with Gasteiger partial charge in [0.15, 0.2) is 0 Å². The van der Waals surface area contributed by atoms with Crippen LogP contribution in [0.15, 0.2) is 55.0 Å². The lowest BCUT2D eigenvalue weighted by Crippen LogP contribution is -2.41. The monoisotopic (exact) mass is 473 g/mol. The Morgan fingerprint density at radius 3 is 2.49 bits per heavy atom. The van der Waals surface area contributed by atoms with Crippen molar-refractivity contribution in [1.29, 1.82) is 0 Å². The van der Waals surface area contributed by atoms with Gasteiger partial charge < -0.3 is 19.8 Å². The molecule has 4 aliphatic rings. The molecule has 2 unspecified atom stereocenters. The standard InChI is InChI=1S/C29H39N5O/c1-22-32(19-27-8-9-28(15-30-27)34-16-23-6-7-24(14-23)17-34)12-13-33(22)21-29(35)20-31-11-10-25-4-2-3-5-26(25)18-31/h2-5,8-9,15,23-24,29,35H,1,6-7,10-14,16-21H2/t23?,24?,29-/m1/s1. The molecule has 6 nitrogen and oxygen atoms in total. The maximum absolute atomic E-state index is 10.8. The highest BCUT2D eigenvalue weighted by atomic mass is 16.3. The molecule has 2 saturated heterocycles. The van der Waals surface area contributed by atoms with Crippen LogP contribution < -0.4 is 4.90 Å². The Kier molecular flexibility index (Phi) is 6.42. The summed E-state index contributed by atoms with van der Waals surface area (Å²) < 4.78 is 0. The third-order valence-electron chi connectivity index (χ3n) is 8.61. The average molecular weight is 474 g/mol. The van der Waals surface area contributed by atoms with E-state index in [2.05, 4.69) is 68.8 Å². The number of aliphatic hydroxyl groups excluding tert-OH is 1. The van der Waals surface area contributed by atoms with E-state index in [0.717, 1.165) is 62.5 Å². The first-order chi connectivity index (χ1) is 17.1. The number of anilines is 1. The number of aliphatic hydroxyl groups is 1. The van der Waals surface area contributed by atoms with Crippen molar-refractivity contribution in [3.8, 4) is 0 Å². The van der Waals surface area contributed by atoms with E-state index in [4.69, 9.17) is 4.98 Å². The number of hydrogen-bond donors (Lipinski definition) is 1. The Bertz CT molecular complexity index is 1030. The van der Waals surface area contributed by atoms with E-state index in [9.17, 15) is 5.11 Å². The van der Waals surface area contributed by atoms with Gasteiger partial charge in [-0.25, -0.2) is 0 Å². The third kappa shape index (κ3) is 5.05. The fourth-order valence-corrected chi connectivity index (χ4v) is 6.70. The molecule has 2 aromatic rings. The lowest BCUT2D eigenvalue weighted by Gasteiger charge is -2.33. The molecule has 35 heavy (non-hydrogen) atoms. The van der Waals surface area contributed by atoms with Crippen LogP contribution in [0.3, 0.4) is 0 Å².